The van der Waals surface area contributed by atoms with Gasteiger partial charge in [0, 0.05) is 11.8 Å². The minimum Gasteiger partial charge on any atom is -0.394 e. The van der Waals surface area contributed by atoms with E-state index in [1.54, 1.807) is 4.90 Å². The number of amides is 1. The zero-order chi connectivity index (χ0) is 18.1. The number of nitrogens with zero attached hydrogens (tertiary/aromatic N) is 2. The molecule has 26 heavy (non-hydrogen) atoms. The van der Waals surface area contributed by atoms with E-state index in [9.17, 15) is 15.2 Å². The molecular formula is C22H26N2O2. The van der Waals surface area contributed by atoms with Gasteiger partial charge in [0.25, 0.3) is 0 Å². The SMILES string of the molecule is N#C[C@@H]1[C@H](c2ccc(C3=CCCC3)cc2)[C@H](CO)N1C(=O)C1CCCC1. The summed E-state index contributed by atoms with van der Waals surface area (Å²) in [6, 6.07) is 9.98. The van der Waals surface area contributed by atoms with Gasteiger partial charge in [-0.25, -0.2) is 0 Å². The van der Waals surface area contributed by atoms with Crippen molar-refractivity contribution < 1.29 is 9.90 Å². The lowest BCUT2D eigenvalue weighted by molar-refractivity contribution is -0.151. The number of rotatable bonds is 4. The number of hydrogen-bond acceptors (Lipinski definition) is 3. The summed E-state index contributed by atoms with van der Waals surface area (Å²) in [5.74, 6) is 0.0107. The Morgan fingerprint density at radius 2 is 1.92 bits per heavy atom. The van der Waals surface area contributed by atoms with Gasteiger partial charge in [-0.15, -0.1) is 0 Å². The summed E-state index contributed by atoms with van der Waals surface area (Å²) < 4.78 is 0. The van der Waals surface area contributed by atoms with E-state index >= 15 is 0 Å². The van der Waals surface area contributed by atoms with Gasteiger partial charge in [0.05, 0.1) is 18.7 Å². The predicted octanol–water partition coefficient (Wildman–Crippen LogP) is 3.62. The van der Waals surface area contributed by atoms with E-state index in [0.29, 0.717) is 0 Å². The summed E-state index contributed by atoms with van der Waals surface area (Å²) in [6.45, 7) is -0.0891. The molecule has 4 rings (SSSR count). The fourth-order valence-corrected chi connectivity index (χ4v) is 4.95. The first-order chi connectivity index (χ1) is 12.7. The summed E-state index contributed by atoms with van der Waals surface area (Å²) in [5, 5.41) is 19.6. The maximum Gasteiger partial charge on any atom is 0.227 e. The van der Waals surface area contributed by atoms with Crippen molar-refractivity contribution in [2.45, 2.75) is 62.9 Å². The fourth-order valence-electron chi connectivity index (χ4n) is 4.95. The normalized spacial score (nSPS) is 28.5. The van der Waals surface area contributed by atoms with Crippen LogP contribution in [-0.4, -0.2) is 34.6 Å². The Bertz CT molecular complexity index is 740. The summed E-state index contributed by atoms with van der Waals surface area (Å²) in [5.41, 5.74) is 3.70. The number of allylic oxidation sites excluding steroid dienone is 2. The second kappa shape index (κ2) is 7.25. The smallest absolute Gasteiger partial charge is 0.227 e. The van der Waals surface area contributed by atoms with E-state index in [1.807, 2.05) is 0 Å². The van der Waals surface area contributed by atoms with E-state index in [1.165, 1.54) is 17.6 Å². The van der Waals surface area contributed by atoms with Crippen LogP contribution in [0.15, 0.2) is 30.3 Å². The highest BCUT2D eigenvalue weighted by atomic mass is 16.3. The largest absolute Gasteiger partial charge is 0.394 e. The molecule has 1 amide bonds. The second-order valence-electron chi connectivity index (χ2n) is 7.82. The summed E-state index contributed by atoms with van der Waals surface area (Å²) in [7, 11) is 0. The third-order valence-electron chi connectivity index (χ3n) is 6.40. The lowest BCUT2D eigenvalue weighted by atomic mass is 9.74. The van der Waals surface area contributed by atoms with Crippen LogP contribution in [0.4, 0.5) is 0 Å². The predicted molar refractivity (Wildman–Crippen MR) is 100 cm³/mol. The van der Waals surface area contributed by atoms with Crippen LogP contribution in [0.3, 0.4) is 0 Å². The number of benzene rings is 1. The van der Waals surface area contributed by atoms with Crippen molar-refractivity contribution in [3.8, 4) is 6.07 Å². The highest BCUT2D eigenvalue weighted by Gasteiger charge is 2.52. The number of nitriles is 1. The van der Waals surface area contributed by atoms with Gasteiger partial charge >= 0.3 is 0 Å². The van der Waals surface area contributed by atoms with Gasteiger partial charge in [-0.05, 0) is 48.8 Å². The molecule has 1 heterocycles. The average Bonchev–Trinajstić information content (AvgIpc) is 3.36. The van der Waals surface area contributed by atoms with Crippen LogP contribution in [-0.2, 0) is 4.79 Å². The number of aliphatic hydroxyl groups excluding tert-OH is 1. The van der Waals surface area contributed by atoms with Crippen LogP contribution < -0.4 is 0 Å². The van der Waals surface area contributed by atoms with Crippen molar-refractivity contribution in [3.05, 3.63) is 41.5 Å². The van der Waals surface area contributed by atoms with Crippen molar-refractivity contribution in [1.82, 2.24) is 4.90 Å². The van der Waals surface area contributed by atoms with Crippen molar-refractivity contribution in [1.29, 1.82) is 5.26 Å². The Morgan fingerprint density at radius 3 is 2.50 bits per heavy atom. The molecule has 1 saturated heterocycles. The Hall–Kier alpha value is -2.12. The van der Waals surface area contributed by atoms with Crippen LogP contribution in [0.2, 0.25) is 0 Å². The Morgan fingerprint density at radius 1 is 1.19 bits per heavy atom. The highest BCUT2D eigenvalue weighted by Crippen LogP contribution is 2.43. The highest BCUT2D eigenvalue weighted by molar-refractivity contribution is 5.82. The number of carbonyl (C=O) groups is 1. The summed E-state index contributed by atoms with van der Waals surface area (Å²) in [6.07, 6.45) is 9.82. The lowest BCUT2D eigenvalue weighted by Crippen LogP contribution is -2.66. The molecule has 1 saturated carbocycles. The van der Waals surface area contributed by atoms with Crippen LogP contribution in [0, 0.1) is 17.2 Å². The van der Waals surface area contributed by atoms with Gasteiger partial charge in [0.1, 0.15) is 6.04 Å². The average molecular weight is 350 g/mol. The maximum absolute atomic E-state index is 12.8. The first kappa shape index (κ1) is 17.3. The number of aliphatic hydroxyl groups is 1. The van der Waals surface area contributed by atoms with E-state index < -0.39 is 6.04 Å². The van der Waals surface area contributed by atoms with Crippen molar-refractivity contribution in [2.75, 3.05) is 6.61 Å². The summed E-state index contributed by atoms with van der Waals surface area (Å²) in [4.78, 5) is 14.5. The molecule has 2 aliphatic carbocycles. The van der Waals surface area contributed by atoms with Gasteiger partial charge in [0.2, 0.25) is 5.91 Å². The molecule has 2 fully saturated rings. The Labute approximate surface area is 155 Å². The maximum atomic E-state index is 12.8. The molecule has 4 heteroatoms. The van der Waals surface area contributed by atoms with Crippen LogP contribution in [0.5, 0.6) is 0 Å². The van der Waals surface area contributed by atoms with Gasteiger partial charge in [-0.1, -0.05) is 43.2 Å². The zero-order valence-electron chi connectivity index (χ0n) is 15.1. The van der Waals surface area contributed by atoms with Crippen LogP contribution in [0.25, 0.3) is 5.57 Å². The summed E-state index contributed by atoms with van der Waals surface area (Å²) >= 11 is 0. The number of likely N-dealkylation sites (tertiary alicyclic amines) is 1. The molecule has 1 aliphatic heterocycles. The Balaban J connectivity index is 1.54. The topological polar surface area (TPSA) is 64.3 Å². The van der Waals surface area contributed by atoms with E-state index in [0.717, 1.165) is 44.1 Å². The molecule has 0 radical (unpaired) electrons. The van der Waals surface area contributed by atoms with Crippen LogP contribution in [0.1, 0.15) is 62.0 Å². The third kappa shape index (κ3) is 2.85. The van der Waals surface area contributed by atoms with Crippen molar-refractivity contribution in [3.63, 3.8) is 0 Å². The molecule has 136 valence electrons. The molecule has 0 spiro atoms. The molecule has 3 aliphatic rings. The standard InChI is InChI=1S/C22H26N2O2/c23-13-19-21(17-11-9-16(10-12-17)15-5-1-2-6-15)20(14-25)24(19)22(26)18-7-3-4-8-18/h5,9-12,18-21,25H,1-4,6-8,14H2/t19-,20+,21+/m1/s1. The molecule has 4 nitrogen and oxygen atoms in total. The minimum absolute atomic E-state index is 0.0394. The zero-order valence-corrected chi connectivity index (χ0v) is 15.1. The molecule has 1 N–H and O–H groups in total. The monoisotopic (exact) mass is 350 g/mol. The molecule has 0 unspecified atom stereocenters. The van der Waals surface area contributed by atoms with Gasteiger partial charge < -0.3 is 10.0 Å². The quantitative estimate of drug-likeness (QED) is 0.902. The second-order valence-corrected chi connectivity index (χ2v) is 7.82. The fraction of sp³-hybridized carbons (Fsp3) is 0.545. The minimum atomic E-state index is -0.461. The lowest BCUT2D eigenvalue weighted by Gasteiger charge is -2.52. The molecule has 0 bridgehead atoms. The van der Waals surface area contributed by atoms with E-state index in [-0.39, 0.29) is 30.4 Å². The molecule has 3 atom stereocenters. The van der Waals surface area contributed by atoms with Crippen LogP contribution >= 0.6 is 0 Å². The van der Waals surface area contributed by atoms with Gasteiger partial charge in [-0.3, -0.25) is 4.79 Å². The third-order valence-corrected chi connectivity index (χ3v) is 6.40. The van der Waals surface area contributed by atoms with E-state index in [2.05, 4.69) is 36.4 Å². The molecule has 1 aromatic carbocycles. The van der Waals surface area contributed by atoms with Gasteiger partial charge in [0.15, 0.2) is 0 Å². The van der Waals surface area contributed by atoms with Crippen molar-refractivity contribution >= 4 is 11.5 Å². The number of hydrogen-bond donors (Lipinski definition) is 1. The van der Waals surface area contributed by atoms with Crippen molar-refractivity contribution in [2.24, 2.45) is 5.92 Å². The van der Waals surface area contributed by atoms with Gasteiger partial charge in [-0.2, -0.15) is 5.26 Å². The molecule has 0 aromatic heterocycles. The van der Waals surface area contributed by atoms with E-state index in [4.69, 9.17) is 0 Å². The first-order valence-electron chi connectivity index (χ1n) is 9.86. The number of carbonyl (C=O) groups excluding carboxylic acids is 1. The first-order valence-corrected chi connectivity index (χ1v) is 9.86. The molecule has 1 aromatic rings. The Kier molecular flexibility index (Phi) is 4.82. The molecular weight excluding hydrogens is 324 g/mol.